The first kappa shape index (κ1) is 19.7. The molecule has 148 valence electrons. The summed E-state index contributed by atoms with van der Waals surface area (Å²) in [5, 5.41) is 18.7. The van der Waals surface area contributed by atoms with Crippen molar-refractivity contribution in [3.05, 3.63) is 20.2 Å². The van der Waals surface area contributed by atoms with Gasteiger partial charge < -0.3 is 28.6 Å². The van der Waals surface area contributed by atoms with Crippen LogP contribution in [0, 0.1) is 20.2 Å². The summed E-state index contributed by atoms with van der Waals surface area (Å²) in [7, 11) is 1.35. The van der Waals surface area contributed by atoms with E-state index in [2.05, 4.69) is 21.3 Å². The normalized spacial score (nSPS) is 40.3. The Morgan fingerprint density at radius 1 is 0.885 bits per heavy atom. The van der Waals surface area contributed by atoms with Crippen molar-refractivity contribution < 1.29 is 38.8 Å². The van der Waals surface area contributed by atoms with E-state index < -0.39 is 22.4 Å². The number of rotatable bonds is 5. The first-order chi connectivity index (χ1) is 12.5. The number of hydrogen-bond donors (Lipinski definition) is 1. The Morgan fingerprint density at radius 2 is 1.50 bits per heavy atom. The first-order valence-electron chi connectivity index (χ1n) is 7.88. The van der Waals surface area contributed by atoms with Crippen molar-refractivity contribution in [2.24, 2.45) is 0 Å². The van der Waals surface area contributed by atoms with Gasteiger partial charge in [-0.15, -0.1) is 31.9 Å². The molecule has 14 heteroatoms. The molecule has 0 aromatic heterocycles. The Morgan fingerprint density at radius 3 is 2.15 bits per heavy atom. The lowest BCUT2D eigenvalue weighted by Crippen LogP contribution is -2.33. The second-order valence-electron chi connectivity index (χ2n) is 5.97. The van der Waals surface area contributed by atoms with Gasteiger partial charge in [0.2, 0.25) is 0 Å². The molecule has 0 aromatic carbocycles. The standard InChI is InChI=1S/C6H9NO5S2.C6H9NO5/c8-7(9)12-3-1-10-6-4(14-13)2-11-5(3)6;8-7(9)12-5-3-11-4-1-2-10-6(4)5/h3-6,13H,1-2H2;4-6H,1-3H2/t3?,4?,5-,6-;4-,5?,6+/m11/s1. The van der Waals surface area contributed by atoms with Gasteiger partial charge in [-0.05, 0) is 6.42 Å². The van der Waals surface area contributed by atoms with Crippen LogP contribution in [0.5, 0.6) is 0 Å². The summed E-state index contributed by atoms with van der Waals surface area (Å²) >= 11 is 4.08. The third-order valence-corrected chi connectivity index (χ3v) is 5.95. The SMILES string of the molecule is O=[N+]([O-])OC1CO[C@@H]2C(SS)CO[C@H]12.O=[N+]([O-])OC1CO[C@@H]2CCO[C@H]12. The summed E-state index contributed by atoms with van der Waals surface area (Å²) < 4.78 is 21.2. The lowest BCUT2D eigenvalue weighted by Gasteiger charge is -2.13. The highest BCUT2D eigenvalue weighted by Gasteiger charge is 2.49. The molecule has 3 unspecified atom stereocenters. The fourth-order valence-electron chi connectivity index (χ4n) is 3.35. The molecule has 0 aliphatic carbocycles. The van der Waals surface area contributed by atoms with Crippen LogP contribution in [0.15, 0.2) is 0 Å². The van der Waals surface area contributed by atoms with Gasteiger partial charge in [0.15, 0.2) is 12.2 Å². The minimum atomic E-state index is -0.805. The van der Waals surface area contributed by atoms with E-state index in [9.17, 15) is 20.2 Å². The smallest absolute Gasteiger partial charge is 0.294 e. The maximum Gasteiger partial charge on any atom is 0.294 e. The predicted octanol–water partition coefficient (Wildman–Crippen LogP) is 0.0585. The molecule has 0 aromatic rings. The molecule has 4 aliphatic heterocycles. The van der Waals surface area contributed by atoms with Crippen LogP contribution in [0.3, 0.4) is 0 Å². The Balaban J connectivity index is 0.000000152. The van der Waals surface area contributed by atoms with E-state index >= 15 is 0 Å². The molecule has 26 heavy (non-hydrogen) atoms. The van der Waals surface area contributed by atoms with Crippen LogP contribution in [0.4, 0.5) is 0 Å². The van der Waals surface area contributed by atoms with Crippen LogP contribution >= 0.6 is 22.5 Å². The molecule has 0 spiro atoms. The van der Waals surface area contributed by atoms with Gasteiger partial charge >= 0.3 is 0 Å². The Labute approximate surface area is 156 Å². The Kier molecular flexibility index (Phi) is 6.63. The summed E-state index contributed by atoms with van der Waals surface area (Å²) in [6, 6.07) is 0. The van der Waals surface area contributed by atoms with Crippen molar-refractivity contribution in [2.45, 2.75) is 48.3 Å². The van der Waals surface area contributed by atoms with E-state index in [0.29, 0.717) is 13.2 Å². The highest BCUT2D eigenvalue weighted by molar-refractivity contribution is 8.68. The lowest BCUT2D eigenvalue weighted by atomic mass is 10.1. The number of thiol groups is 1. The summed E-state index contributed by atoms with van der Waals surface area (Å²) in [5.74, 6) is 0. The Bertz CT molecular complexity index is 528. The van der Waals surface area contributed by atoms with Gasteiger partial charge in [0.25, 0.3) is 10.2 Å². The number of hydrogen-bond acceptors (Lipinski definition) is 12. The maximum absolute atomic E-state index is 10.1. The average molecular weight is 414 g/mol. The van der Waals surface area contributed by atoms with Gasteiger partial charge in [-0.3, -0.25) is 0 Å². The Hall–Kier alpha value is -1.06. The molecule has 4 fully saturated rings. The molecular weight excluding hydrogens is 396 g/mol. The lowest BCUT2D eigenvalue weighted by molar-refractivity contribution is -0.769. The molecule has 0 amide bonds. The quantitative estimate of drug-likeness (QED) is 0.282. The van der Waals surface area contributed by atoms with Crippen LogP contribution in [0.25, 0.3) is 0 Å². The van der Waals surface area contributed by atoms with Crippen LogP contribution in [-0.4, -0.2) is 78.5 Å². The fourth-order valence-corrected chi connectivity index (χ4v) is 4.39. The zero-order valence-corrected chi connectivity index (χ0v) is 15.1. The van der Waals surface area contributed by atoms with E-state index in [1.165, 1.54) is 10.8 Å². The summed E-state index contributed by atoms with van der Waals surface area (Å²) in [4.78, 5) is 29.0. The van der Waals surface area contributed by atoms with Gasteiger partial charge in [0.1, 0.15) is 18.3 Å². The van der Waals surface area contributed by atoms with E-state index in [1.807, 2.05) is 0 Å². The molecular formula is C12H18N2O10S2. The molecule has 0 radical (unpaired) electrons. The molecule has 4 aliphatic rings. The van der Waals surface area contributed by atoms with Crippen molar-refractivity contribution in [1.29, 1.82) is 0 Å². The topological polar surface area (TPSA) is 142 Å². The van der Waals surface area contributed by atoms with E-state index in [0.717, 1.165) is 6.42 Å². The minimum Gasteiger partial charge on any atom is -0.373 e. The van der Waals surface area contributed by atoms with Crippen molar-refractivity contribution in [1.82, 2.24) is 0 Å². The van der Waals surface area contributed by atoms with Crippen LogP contribution in [0.1, 0.15) is 6.42 Å². The third kappa shape index (κ3) is 4.43. The number of nitrogens with zero attached hydrogens (tertiary/aromatic N) is 2. The van der Waals surface area contributed by atoms with Gasteiger partial charge in [0, 0.05) is 6.61 Å². The third-order valence-electron chi connectivity index (χ3n) is 4.46. The van der Waals surface area contributed by atoms with Crippen LogP contribution in [-0.2, 0) is 28.6 Å². The van der Waals surface area contributed by atoms with Crippen molar-refractivity contribution in [3.63, 3.8) is 0 Å². The van der Waals surface area contributed by atoms with E-state index in [1.54, 1.807) is 0 Å². The predicted molar refractivity (Wildman–Crippen MR) is 87.7 cm³/mol. The molecule has 4 heterocycles. The van der Waals surface area contributed by atoms with E-state index in [4.69, 9.17) is 18.9 Å². The first-order valence-corrected chi connectivity index (χ1v) is 9.81. The fraction of sp³-hybridized carbons (Fsp3) is 1.00. The molecule has 4 rings (SSSR count). The number of ether oxygens (including phenoxy) is 4. The highest BCUT2D eigenvalue weighted by atomic mass is 33.1. The van der Waals surface area contributed by atoms with Crippen LogP contribution in [0.2, 0.25) is 0 Å². The summed E-state index contributed by atoms with van der Waals surface area (Å²) in [6.45, 7) is 1.57. The van der Waals surface area contributed by atoms with Gasteiger partial charge in [-0.25, -0.2) is 0 Å². The second-order valence-corrected chi connectivity index (χ2v) is 7.42. The highest BCUT2D eigenvalue weighted by Crippen LogP contribution is 2.36. The number of fused-ring (bicyclic) bond motifs is 2. The van der Waals surface area contributed by atoms with Crippen molar-refractivity contribution in [2.75, 3.05) is 26.4 Å². The minimum absolute atomic E-state index is 0.00468. The van der Waals surface area contributed by atoms with E-state index in [-0.39, 0.29) is 42.9 Å². The zero-order valence-electron chi connectivity index (χ0n) is 13.4. The molecule has 0 N–H and O–H groups in total. The van der Waals surface area contributed by atoms with Crippen molar-refractivity contribution in [3.8, 4) is 0 Å². The summed E-state index contributed by atoms with van der Waals surface area (Å²) in [5.41, 5.74) is 0. The van der Waals surface area contributed by atoms with Crippen molar-refractivity contribution >= 4 is 22.5 Å². The molecule has 0 bridgehead atoms. The largest absolute Gasteiger partial charge is 0.373 e. The second kappa shape index (κ2) is 8.75. The summed E-state index contributed by atoms with van der Waals surface area (Å²) in [6.07, 6.45) is -1.03. The monoisotopic (exact) mass is 414 g/mol. The molecule has 0 saturated carbocycles. The van der Waals surface area contributed by atoms with Gasteiger partial charge in [0.05, 0.1) is 31.2 Å². The zero-order chi connectivity index (χ0) is 18.7. The molecule has 4 saturated heterocycles. The van der Waals surface area contributed by atoms with Gasteiger partial charge in [-0.2, -0.15) is 0 Å². The molecule has 12 nitrogen and oxygen atoms in total. The van der Waals surface area contributed by atoms with Crippen LogP contribution < -0.4 is 0 Å². The van der Waals surface area contributed by atoms with Gasteiger partial charge in [-0.1, -0.05) is 10.8 Å². The average Bonchev–Trinajstić information content (AvgIpc) is 3.31. The maximum atomic E-state index is 10.1. The molecule has 7 atom stereocenters.